The van der Waals surface area contributed by atoms with Gasteiger partial charge in [-0.3, -0.25) is 4.79 Å². The fourth-order valence-electron chi connectivity index (χ4n) is 2.55. The molecule has 0 radical (unpaired) electrons. The third kappa shape index (κ3) is 1.91. The van der Waals surface area contributed by atoms with E-state index in [1.807, 2.05) is 30.3 Å². The van der Waals surface area contributed by atoms with Gasteiger partial charge >= 0.3 is 5.97 Å². The molecule has 0 N–H and O–H groups in total. The maximum atomic E-state index is 11.9. The van der Waals surface area contributed by atoms with Crippen LogP contribution in [0.3, 0.4) is 0 Å². The van der Waals surface area contributed by atoms with E-state index in [0.29, 0.717) is 6.61 Å². The Morgan fingerprint density at radius 2 is 1.83 bits per heavy atom. The topological polar surface area (TPSA) is 44.8 Å². The van der Waals surface area contributed by atoms with Gasteiger partial charge < -0.3 is 14.2 Å². The molecule has 4 nitrogen and oxygen atoms in total. The predicted molar refractivity (Wildman–Crippen MR) is 66.1 cm³/mol. The lowest BCUT2D eigenvalue weighted by atomic mass is 10.1. The summed E-state index contributed by atoms with van der Waals surface area (Å²) in [7, 11) is 3.11. The van der Waals surface area contributed by atoms with Crippen LogP contribution >= 0.6 is 0 Å². The molecule has 2 rings (SSSR count). The zero-order valence-electron chi connectivity index (χ0n) is 10.9. The number of hydrogen-bond acceptors (Lipinski definition) is 4. The monoisotopic (exact) mass is 250 g/mol. The molecule has 18 heavy (non-hydrogen) atoms. The quantitative estimate of drug-likeness (QED) is 0.592. The maximum Gasteiger partial charge on any atom is 0.315 e. The molecule has 2 atom stereocenters. The second kappa shape index (κ2) is 5.08. The summed E-state index contributed by atoms with van der Waals surface area (Å²) in [5.74, 6) is -1.65. The Kier molecular flexibility index (Phi) is 3.68. The van der Waals surface area contributed by atoms with Crippen LogP contribution < -0.4 is 0 Å². The second-order valence-electron chi connectivity index (χ2n) is 4.25. The normalized spacial score (nSPS) is 24.6. The smallest absolute Gasteiger partial charge is 0.315 e. The summed E-state index contributed by atoms with van der Waals surface area (Å²) >= 11 is 0. The molecule has 0 spiro atoms. The summed E-state index contributed by atoms with van der Waals surface area (Å²) in [6, 6.07) is 9.75. The summed E-state index contributed by atoms with van der Waals surface area (Å²) in [5, 5.41) is 0. The van der Waals surface area contributed by atoms with Gasteiger partial charge in [-0.15, -0.1) is 0 Å². The predicted octanol–water partition coefficient (Wildman–Crippen LogP) is 1.95. The number of esters is 1. The molecule has 0 aliphatic heterocycles. The Morgan fingerprint density at radius 1 is 1.22 bits per heavy atom. The zero-order chi connectivity index (χ0) is 13.2. The van der Waals surface area contributed by atoms with Crippen LogP contribution in [-0.4, -0.2) is 32.6 Å². The van der Waals surface area contributed by atoms with Crippen molar-refractivity contribution in [1.82, 2.24) is 0 Å². The highest BCUT2D eigenvalue weighted by Crippen LogP contribution is 2.60. The van der Waals surface area contributed by atoms with Crippen molar-refractivity contribution in [1.29, 1.82) is 0 Å². The lowest BCUT2D eigenvalue weighted by Gasteiger charge is -2.14. The summed E-state index contributed by atoms with van der Waals surface area (Å²) in [5.41, 5.74) is 1.03. The first kappa shape index (κ1) is 13.1. The van der Waals surface area contributed by atoms with Crippen LogP contribution in [0.15, 0.2) is 30.3 Å². The first-order valence-electron chi connectivity index (χ1n) is 6.03. The van der Waals surface area contributed by atoms with E-state index in [0.717, 1.165) is 5.56 Å². The van der Waals surface area contributed by atoms with Gasteiger partial charge in [-0.2, -0.15) is 0 Å². The number of rotatable bonds is 5. The van der Waals surface area contributed by atoms with Crippen molar-refractivity contribution in [3.63, 3.8) is 0 Å². The molecule has 1 aromatic rings. The Balaban J connectivity index is 2.26. The molecule has 0 unspecified atom stereocenters. The van der Waals surface area contributed by atoms with Gasteiger partial charge in [0.2, 0.25) is 0 Å². The minimum absolute atomic E-state index is 0.104. The minimum atomic E-state index is -0.881. The number of carbonyl (C=O) groups is 1. The van der Waals surface area contributed by atoms with Crippen molar-refractivity contribution >= 4 is 5.97 Å². The molecule has 4 heteroatoms. The largest absolute Gasteiger partial charge is 0.466 e. The molecule has 1 saturated carbocycles. The molecule has 0 bridgehead atoms. The van der Waals surface area contributed by atoms with E-state index in [2.05, 4.69) is 0 Å². The Bertz CT molecular complexity index is 411. The SMILES string of the molecule is CCOC(=O)[C@H]1[C@H](c2ccccc2)C1(OC)OC. The Morgan fingerprint density at radius 3 is 2.33 bits per heavy atom. The molecule has 98 valence electrons. The van der Waals surface area contributed by atoms with E-state index < -0.39 is 11.7 Å². The number of benzene rings is 1. The molecule has 0 aromatic heterocycles. The Labute approximate surface area is 107 Å². The van der Waals surface area contributed by atoms with Crippen LogP contribution in [0.4, 0.5) is 0 Å². The first-order chi connectivity index (χ1) is 8.71. The van der Waals surface area contributed by atoms with E-state index in [9.17, 15) is 4.79 Å². The van der Waals surface area contributed by atoms with E-state index in [-0.39, 0.29) is 11.9 Å². The van der Waals surface area contributed by atoms with E-state index in [1.54, 1.807) is 21.1 Å². The molecule has 0 saturated heterocycles. The number of carbonyl (C=O) groups excluding carboxylic acids is 1. The van der Waals surface area contributed by atoms with Crippen molar-refractivity contribution in [3.8, 4) is 0 Å². The molecule has 0 heterocycles. The summed E-state index contributed by atoms with van der Waals surface area (Å²) in [6.45, 7) is 2.15. The lowest BCUT2D eigenvalue weighted by Crippen LogP contribution is -2.23. The van der Waals surface area contributed by atoms with Gasteiger partial charge in [0.25, 0.3) is 0 Å². The number of methoxy groups -OCH3 is 2. The van der Waals surface area contributed by atoms with Crippen molar-refractivity contribution in [2.24, 2.45) is 5.92 Å². The number of ether oxygens (including phenoxy) is 3. The van der Waals surface area contributed by atoms with Gasteiger partial charge in [-0.1, -0.05) is 30.3 Å². The average molecular weight is 250 g/mol. The average Bonchev–Trinajstić information content (AvgIpc) is 3.09. The Hall–Kier alpha value is -1.39. The first-order valence-corrected chi connectivity index (χ1v) is 6.03. The van der Waals surface area contributed by atoms with E-state index in [1.165, 1.54) is 0 Å². The van der Waals surface area contributed by atoms with E-state index in [4.69, 9.17) is 14.2 Å². The molecule has 0 amide bonds. The van der Waals surface area contributed by atoms with Crippen LogP contribution in [0.2, 0.25) is 0 Å². The highest BCUT2D eigenvalue weighted by molar-refractivity contribution is 5.80. The summed E-state index contributed by atoms with van der Waals surface area (Å²) in [4.78, 5) is 11.9. The molecule has 1 aromatic carbocycles. The van der Waals surface area contributed by atoms with Gasteiger partial charge in [-0.05, 0) is 12.5 Å². The highest BCUT2D eigenvalue weighted by Gasteiger charge is 2.72. The van der Waals surface area contributed by atoms with Crippen molar-refractivity contribution in [3.05, 3.63) is 35.9 Å². The van der Waals surface area contributed by atoms with Gasteiger partial charge in [0.05, 0.1) is 12.5 Å². The van der Waals surface area contributed by atoms with Gasteiger partial charge in [0.1, 0.15) is 5.92 Å². The molecular weight excluding hydrogens is 232 g/mol. The molecule has 1 fully saturated rings. The van der Waals surface area contributed by atoms with Crippen LogP contribution in [0.1, 0.15) is 18.4 Å². The lowest BCUT2D eigenvalue weighted by molar-refractivity contribution is -0.166. The van der Waals surface area contributed by atoms with Gasteiger partial charge in [0, 0.05) is 14.2 Å². The van der Waals surface area contributed by atoms with E-state index >= 15 is 0 Å². The fraction of sp³-hybridized carbons (Fsp3) is 0.500. The zero-order valence-corrected chi connectivity index (χ0v) is 10.9. The van der Waals surface area contributed by atoms with Crippen LogP contribution in [0, 0.1) is 5.92 Å². The van der Waals surface area contributed by atoms with Gasteiger partial charge in [-0.25, -0.2) is 0 Å². The van der Waals surface area contributed by atoms with Crippen molar-refractivity contribution < 1.29 is 19.0 Å². The van der Waals surface area contributed by atoms with Gasteiger partial charge in [0.15, 0.2) is 5.79 Å². The molecule has 1 aliphatic carbocycles. The minimum Gasteiger partial charge on any atom is -0.466 e. The summed E-state index contributed by atoms with van der Waals surface area (Å²) in [6.07, 6.45) is 0. The molecule has 1 aliphatic rings. The third-order valence-electron chi connectivity index (χ3n) is 3.43. The van der Waals surface area contributed by atoms with Crippen molar-refractivity contribution in [2.45, 2.75) is 18.6 Å². The van der Waals surface area contributed by atoms with Crippen LogP contribution in [-0.2, 0) is 19.0 Å². The second-order valence-corrected chi connectivity index (χ2v) is 4.25. The number of hydrogen-bond donors (Lipinski definition) is 0. The third-order valence-corrected chi connectivity index (χ3v) is 3.43. The molecular formula is C14H18O4. The standard InChI is InChI=1S/C14H18O4/c1-4-18-13(15)12-11(14(12,16-2)17-3)10-8-6-5-7-9-10/h5-9,11-12H,4H2,1-3H3/t11-,12+/m0/s1. The highest BCUT2D eigenvalue weighted by atomic mass is 16.7. The van der Waals surface area contributed by atoms with Crippen LogP contribution in [0.5, 0.6) is 0 Å². The van der Waals surface area contributed by atoms with Crippen LogP contribution in [0.25, 0.3) is 0 Å². The summed E-state index contributed by atoms with van der Waals surface area (Å²) < 4.78 is 15.9. The van der Waals surface area contributed by atoms with Crippen molar-refractivity contribution in [2.75, 3.05) is 20.8 Å². The maximum absolute atomic E-state index is 11.9. The fourth-order valence-corrected chi connectivity index (χ4v) is 2.55.